The molecular weight excluding hydrogens is 276 g/mol. The zero-order chi connectivity index (χ0) is 12.0. The predicted molar refractivity (Wildman–Crippen MR) is 63.1 cm³/mol. The van der Waals surface area contributed by atoms with E-state index < -0.39 is 5.97 Å². The summed E-state index contributed by atoms with van der Waals surface area (Å²) >= 11 is 3.27. The van der Waals surface area contributed by atoms with Crippen molar-refractivity contribution in [2.24, 2.45) is 0 Å². The van der Waals surface area contributed by atoms with Crippen LogP contribution >= 0.6 is 15.9 Å². The molecule has 0 spiro atoms. The Morgan fingerprint density at radius 2 is 2.06 bits per heavy atom. The van der Waals surface area contributed by atoms with Crippen LogP contribution in [-0.2, 0) is 4.74 Å². The minimum absolute atomic E-state index is 0.0150. The fourth-order valence-electron chi connectivity index (χ4n) is 1.13. The van der Waals surface area contributed by atoms with Gasteiger partial charge in [0.15, 0.2) is 0 Å². The second-order valence-electron chi connectivity index (χ2n) is 3.23. The summed E-state index contributed by atoms with van der Waals surface area (Å²) in [5.41, 5.74) is -0.0150. The topological polar surface area (TPSA) is 66.8 Å². The van der Waals surface area contributed by atoms with Gasteiger partial charge in [-0.3, -0.25) is 0 Å². The van der Waals surface area contributed by atoms with Crippen LogP contribution in [0.2, 0.25) is 0 Å². The molecule has 1 aromatic rings. The highest BCUT2D eigenvalue weighted by Gasteiger charge is 2.12. The molecule has 88 valence electrons. The van der Waals surface area contributed by atoms with E-state index in [2.05, 4.69) is 15.9 Å². The van der Waals surface area contributed by atoms with Gasteiger partial charge in [-0.1, -0.05) is 15.9 Å². The molecule has 0 saturated heterocycles. The van der Waals surface area contributed by atoms with Gasteiger partial charge < -0.3 is 14.9 Å². The van der Waals surface area contributed by atoms with Crippen molar-refractivity contribution in [1.29, 1.82) is 0 Å². The van der Waals surface area contributed by atoms with Crippen molar-refractivity contribution in [3.63, 3.8) is 0 Å². The first-order valence-corrected chi connectivity index (χ1v) is 6.02. The number of esters is 1. The molecule has 5 heteroatoms. The minimum Gasteiger partial charge on any atom is -0.508 e. The molecule has 16 heavy (non-hydrogen) atoms. The van der Waals surface area contributed by atoms with Crippen LogP contribution in [0.1, 0.15) is 23.2 Å². The Bertz CT molecular complexity index is 365. The van der Waals surface area contributed by atoms with E-state index in [1.54, 1.807) is 0 Å². The maximum Gasteiger partial charge on any atom is 0.342 e. The van der Waals surface area contributed by atoms with Gasteiger partial charge in [0.2, 0.25) is 0 Å². The SMILES string of the molecule is O=C(OCCCCBr)c1cc(O)ccc1O. The zero-order valence-corrected chi connectivity index (χ0v) is 10.2. The Balaban J connectivity index is 2.55. The number of unbranched alkanes of at least 4 members (excludes halogenated alkanes) is 1. The Morgan fingerprint density at radius 3 is 2.75 bits per heavy atom. The second kappa shape index (κ2) is 6.37. The first kappa shape index (κ1) is 12.8. The van der Waals surface area contributed by atoms with Gasteiger partial charge in [0, 0.05) is 5.33 Å². The minimum atomic E-state index is -0.622. The Kier molecular flexibility index (Phi) is 5.11. The molecule has 0 aliphatic carbocycles. The first-order valence-electron chi connectivity index (χ1n) is 4.90. The average molecular weight is 289 g/mol. The third-order valence-corrected chi connectivity index (χ3v) is 2.52. The highest BCUT2D eigenvalue weighted by molar-refractivity contribution is 9.09. The summed E-state index contributed by atoms with van der Waals surface area (Å²) in [6.45, 7) is 0.305. The molecule has 1 rings (SSSR count). The van der Waals surface area contributed by atoms with Gasteiger partial charge in [-0.25, -0.2) is 4.79 Å². The number of alkyl halides is 1. The molecule has 0 aromatic heterocycles. The third-order valence-electron chi connectivity index (χ3n) is 1.96. The number of ether oxygens (including phenoxy) is 1. The number of aromatic hydroxyl groups is 2. The van der Waals surface area contributed by atoms with Crippen LogP contribution < -0.4 is 0 Å². The average Bonchev–Trinajstić information content (AvgIpc) is 2.27. The zero-order valence-electron chi connectivity index (χ0n) is 8.65. The molecule has 2 N–H and O–H groups in total. The van der Waals surface area contributed by atoms with Crippen LogP contribution in [0.3, 0.4) is 0 Å². The summed E-state index contributed by atoms with van der Waals surface area (Å²) in [5, 5.41) is 19.4. The van der Waals surface area contributed by atoms with Crippen LogP contribution in [0.25, 0.3) is 0 Å². The van der Waals surface area contributed by atoms with Crippen LogP contribution in [0.5, 0.6) is 11.5 Å². The van der Waals surface area contributed by atoms with Crippen molar-refractivity contribution in [2.45, 2.75) is 12.8 Å². The lowest BCUT2D eigenvalue weighted by molar-refractivity contribution is 0.0496. The first-order chi connectivity index (χ1) is 7.65. The Morgan fingerprint density at radius 1 is 1.31 bits per heavy atom. The summed E-state index contributed by atoms with van der Waals surface area (Å²) in [5.74, 6) is -0.892. The molecule has 0 amide bonds. The fraction of sp³-hybridized carbons (Fsp3) is 0.364. The molecule has 0 saturated carbocycles. The van der Waals surface area contributed by atoms with Gasteiger partial charge in [-0.2, -0.15) is 0 Å². The monoisotopic (exact) mass is 288 g/mol. The number of phenolic OH excluding ortho intramolecular Hbond substituents is 2. The number of phenols is 2. The number of hydrogen-bond donors (Lipinski definition) is 2. The maximum absolute atomic E-state index is 11.5. The van der Waals surface area contributed by atoms with E-state index in [1.807, 2.05) is 0 Å². The Labute approximate surface area is 102 Å². The smallest absolute Gasteiger partial charge is 0.342 e. The van der Waals surface area contributed by atoms with Gasteiger partial charge >= 0.3 is 5.97 Å². The number of carbonyl (C=O) groups is 1. The van der Waals surface area contributed by atoms with E-state index in [0.29, 0.717) is 6.61 Å². The number of carbonyl (C=O) groups excluding carboxylic acids is 1. The molecule has 0 unspecified atom stereocenters. The number of hydrogen-bond acceptors (Lipinski definition) is 4. The van der Waals surface area contributed by atoms with Gasteiger partial charge in [0.05, 0.1) is 6.61 Å². The van der Waals surface area contributed by atoms with Gasteiger partial charge in [0.25, 0.3) is 0 Å². The van der Waals surface area contributed by atoms with Crippen molar-refractivity contribution >= 4 is 21.9 Å². The lowest BCUT2D eigenvalue weighted by Gasteiger charge is -2.06. The summed E-state index contributed by atoms with van der Waals surface area (Å²) in [7, 11) is 0. The molecule has 0 atom stereocenters. The lowest BCUT2D eigenvalue weighted by atomic mass is 10.2. The highest BCUT2D eigenvalue weighted by atomic mass is 79.9. The number of benzene rings is 1. The molecule has 0 heterocycles. The van der Waals surface area contributed by atoms with Crippen molar-refractivity contribution in [2.75, 3.05) is 11.9 Å². The largest absolute Gasteiger partial charge is 0.508 e. The van der Waals surface area contributed by atoms with Gasteiger partial charge in [-0.15, -0.1) is 0 Å². The van der Waals surface area contributed by atoms with Crippen LogP contribution in [0.15, 0.2) is 18.2 Å². The van der Waals surface area contributed by atoms with E-state index in [4.69, 9.17) is 4.74 Å². The molecule has 1 aromatic carbocycles. The van der Waals surface area contributed by atoms with E-state index in [9.17, 15) is 15.0 Å². The van der Waals surface area contributed by atoms with Crippen molar-refractivity contribution in [3.8, 4) is 11.5 Å². The predicted octanol–water partition coefficient (Wildman–Crippen LogP) is 2.43. The quantitative estimate of drug-likeness (QED) is 0.378. The summed E-state index contributed by atoms with van der Waals surface area (Å²) < 4.78 is 4.94. The summed E-state index contributed by atoms with van der Waals surface area (Å²) in [4.78, 5) is 11.5. The Hall–Kier alpha value is -1.23. The van der Waals surface area contributed by atoms with Crippen LogP contribution in [-0.4, -0.2) is 28.1 Å². The molecule has 0 bridgehead atoms. The molecule has 0 aliphatic rings. The van der Waals surface area contributed by atoms with Crippen LogP contribution in [0, 0.1) is 0 Å². The molecular formula is C11H13BrO4. The van der Waals surface area contributed by atoms with Gasteiger partial charge in [-0.05, 0) is 31.0 Å². The van der Waals surface area contributed by atoms with Gasteiger partial charge in [0.1, 0.15) is 17.1 Å². The number of rotatable bonds is 5. The normalized spacial score (nSPS) is 10.1. The molecule has 0 fully saturated rings. The molecule has 0 aliphatic heterocycles. The highest BCUT2D eigenvalue weighted by Crippen LogP contribution is 2.22. The standard InChI is InChI=1S/C11H13BrO4/c12-5-1-2-6-16-11(15)9-7-8(13)3-4-10(9)14/h3-4,7,13-14H,1-2,5-6H2. The van der Waals surface area contributed by atoms with E-state index in [-0.39, 0.29) is 17.1 Å². The third kappa shape index (κ3) is 3.73. The molecule has 4 nitrogen and oxygen atoms in total. The van der Waals surface area contributed by atoms with Crippen molar-refractivity contribution in [1.82, 2.24) is 0 Å². The van der Waals surface area contributed by atoms with Crippen molar-refractivity contribution in [3.05, 3.63) is 23.8 Å². The van der Waals surface area contributed by atoms with Crippen molar-refractivity contribution < 1.29 is 19.7 Å². The van der Waals surface area contributed by atoms with E-state index >= 15 is 0 Å². The van der Waals surface area contributed by atoms with E-state index in [1.165, 1.54) is 18.2 Å². The van der Waals surface area contributed by atoms with E-state index in [0.717, 1.165) is 18.2 Å². The maximum atomic E-state index is 11.5. The summed E-state index contributed by atoms with van der Waals surface area (Å²) in [6, 6.07) is 3.74. The summed E-state index contributed by atoms with van der Waals surface area (Å²) in [6.07, 6.45) is 1.68. The number of halogens is 1. The van der Waals surface area contributed by atoms with Crippen LogP contribution in [0.4, 0.5) is 0 Å². The lowest BCUT2D eigenvalue weighted by Crippen LogP contribution is -2.06. The molecule has 0 radical (unpaired) electrons. The fourth-order valence-corrected chi connectivity index (χ4v) is 1.52. The second-order valence-corrected chi connectivity index (χ2v) is 4.03.